The van der Waals surface area contributed by atoms with Crippen molar-refractivity contribution in [2.24, 2.45) is 0 Å². The molecule has 0 spiro atoms. The van der Waals surface area contributed by atoms with Gasteiger partial charge in [-0.25, -0.2) is 19.2 Å². The smallest absolute Gasteiger partial charge is 0.321 e. The van der Waals surface area contributed by atoms with Gasteiger partial charge in [-0.2, -0.15) is 0 Å². The van der Waals surface area contributed by atoms with Crippen LogP contribution in [0.3, 0.4) is 0 Å². The Balaban J connectivity index is 1.50. The summed E-state index contributed by atoms with van der Waals surface area (Å²) in [4.78, 5) is 26.2. The van der Waals surface area contributed by atoms with Gasteiger partial charge in [-0.1, -0.05) is 36.4 Å². The molecule has 6 nitrogen and oxygen atoms in total. The second kappa shape index (κ2) is 9.77. The van der Waals surface area contributed by atoms with Crippen LogP contribution in [0.15, 0.2) is 54.6 Å². The molecule has 2 amide bonds. The Labute approximate surface area is 188 Å². The fraction of sp³-hybridized carbons (Fsp3) is 0.320. The Morgan fingerprint density at radius 1 is 1.00 bits per heavy atom. The zero-order valence-corrected chi connectivity index (χ0v) is 18.5. The number of hydrogen-bond donors (Lipinski definition) is 1. The lowest BCUT2D eigenvalue weighted by Gasteiger charge is -2.26. The topological polar surface area (TPSA) is 61.4 Å². The first-order valence-corrected chi connectivity index (χ1v) is 10.9. The van der Waals surface area contributed by atoms with Crippen LogP contribution in [0.25, 0.3) is 0 Å². The quantitative estimate of drug-likeness (QED) is 0.655. The van der Waals surface area contributed by atoms with E-state index in [-0.39, 0.29) is 11.8 Å². The Kier molecular flexibility index (Phi) is 6.63. The van der Waals surface area contributed by atoms with E-state index in [1.807, 2.05) is 32.0 Å². The van der Waals surface area contributed by atoms with Crippen molar-refractivity contribution in [1.82, 2.24) is 14.9 Å². The third kappa shape index (κ3) is 5.22. The SMILES string of the molecule is Cc1nc(C)c(Cc2ccccc2)c(N2CCCN(C(=O)Nc3cccc(F)c3)CC2)n1. The monoisotopic (exact) mass is 433 g/mol. The molecule has 4 rings (SSSR count). The van der Waals surface area contributed by atoms with Crippen LogP contribution in [0, 0.1) is 19.7 Å². The molecule has 32 heavy (non-hydrogen) atoms. The van der Waals surface area contributed by atoms with Crippen LogP contribution in [0.5, 0.6) is 0 Å². The largest absolute Gasteiger partial charge is 0.354 e. The highest BCUT2D eigenvalue weighted by Gasteiger charge is 2.23. The summed E-state index contributed by atoms with van der Waals surface area (Å²) >= 11 is 0. The van der Waals surface area contributed by atoms with E-state index in [0.717, 1.165) is 42.3 Å². The maximum Gasteiger partial charge on any atom is 0.321 e. The molecule has 1 aliphatic heterocycles. The molecule has 0 bridgehead atoms. The molecule has 1 saturated heterocycles. The number of halogens is 1. The van der Waals surface area contributed by atoms with Gasteiger partial charge < -0.3 is 15.1 Å². The summed E-state index contributed by atoms with van der Waals surface area (Å²) in [5.41, 5.74) is 3.79. The number of rotatable bonds is 4. The van der Waals surface area contributed by atoms with E-state index in [4.69, 9.17) is 4.98 Å². The van der Waals surface area contributed by atoms with Crippen LogP contribution in [-0.4, -0.2) is 47.1 Å². The van der Waals surface area contributed by atoms with Crippen LogP contribution >= 0.6 is 0 Å². The van der Waals surface area contributed by atoms with Gasteiger partial charge in [0.15, 0.2) is 0 Å². The molecule has 1 fully saturated rings. The fourth-order valence-corrected chi connectivity index (χ4v) is 4.09. The minimum atomic E-state index is -0.370. The van der Waals surface area contributed by atoms with E-state index >= 15 is 0 Å². The average Bonchev–Trinajstić information content (AvgIpc) is 3.02. The van der Waals surface area contributed by atoms with E-state index in [0.29, 0.717) is 25.3 Å². The van der Waals surface area contributed by atoms with Gasteiger partial charge in [0.25, 0.3) is 0 Å². The lowest BCUT2D eigenvalue weighted by molar-refractivity contribution is 0.215. The van der Waals surface area contributed by atoms with E-state index in [1.54, 1.807) is 17.0 Å². The molecule has 3 aromatic rings. The van der Waals surface area contributed by atoms with Crippen molar-refractivity contribution < 1.29 is 9.18 Å². The van der Waals surface area contributed by atoms with Gasteiger partial charge in [0.2, 0.25) is 0 Å². The van der Waals surface area contributed by atoms with Gasteiger partial charge >= 0.3 is 6.03 Å². The Hall–Kier alpha value is -3.48. The van der Waals surface area contributed by atoms with E-state index in [1.165, 1.54) is 17.7 Å². The summed E-state index contributed by atoms with van der Waals surface area (Å²) in [7, 11) is 0. The minimum Gasteiger partial charge on any atom is -0.354 e. The molecule has 7 heteroatoms. The van der Waals surface area contributed by atoms with Crippen molar-refractivity contribution in [2.75, 3.05) is 36.4 Å². The number of anilines is 2. The molecule has 1 N–H and O–H groups in total. The first-order chi connectivity index (χ1) is 15.5. The highest BCUT2D eigenvalue weighted by atomic mass is 19.1. The number of aromatic nitrogens is 2. The van der Waals surface area contributed by atoms with Gasteiger partial charge in [0.05, 0.1) is 0 Å². The molecule has 166 valence electrons. The van der Waals surface area contributed by atoms with Crippen LogP contribution in [0.2, 0.25) is 0 Å². The first-order valence-electron chi connectivity index (χ1n) is 10.9. The zero-order valence-electron chi connectivity index (χ0n) is 18.5. The predicted molar refractivity (Wildman–Crippen MR) is 125 cm³/mol. The molecule has 0 atom stereocenters. The lowest BCUT2D eigenvalue weighted by Crippen LogP contribution is -2.38. The molecule has 1 aromatic heterocycles. The molecular weight excluding hydrogens is 405 g/mol. The zero-order chi connectivity index (χ0) is 22.5. The minimum absolute atomic E-state index is 0.211. The summed E-state index contributed by atoms with van der Waals surface area (Å²) < 4.78 is 13.4. The third-order valence-electron chi connectivity index (χ3n) is 5.69. The molecule has 2 aromatic carbocycles. The number of aryl methyl sites for hydroxylation is 2. The summed E-state index contributed by atoms with van der Waals surface area (Å²) in [5, 5.41) is 2.80. The number of hydrogen-bond acceptors (Lipinski definition) is 4. The number of carbonyl (C=O) groups excluding carboxylic acids is 1. The van der Waals surface area contributed by atoms with Crippen molar-refractivity contribution in [1.29, 1.82) is 0 Å². The van der Waals surface area contributed by atoms with Crippen LogP contribution < -0.4 is 10.2 Å². The fourth-order valence-electron chi connectivity index (χ4n) is 4.09. The van der Waals surface area contributed by atoms with Crippen LogP contribution in [-0.2, 0) is 6.42 Å². The maximum atomic E-state index is 13.4. The second-order valence-corrected chi connectivity index (χ2v) is 8.09. The summed E-state index contributed by atoms with van der Waals surface area (Å²) in [5.74, 6) is 1.33. The number of urea groups is 1. The normalized spacial score (nSPS) is 14.2. The van der Waals surface area contributed by atoms with Crippen LogP contribution in [0.4, 0.5) is 20.7 Å². The molecule has 0 saturated carbocycles. The molecule has 0 aliphatic carbocycles. The number of nitrogens with one attached hydrogen (secondary N) is 1. The lowest BCUT2D eigenvalue weighted by atomic mass is 10.0. The third-order valence-corrected chi connectivity index (χ3v) is 5.69. The summed E-state index contributed by atoms with van der Waals surface area (Å²) in [6.45, 7) is 6.63. The highest BCUT2D eigenvalue weighted by molar-refractivity contribution is 5.89. The van der Waals surface area contributed by atoms with Crippen LogP contribution in [0.1, 0.15) is 29.1 Å². The van der Waals surface area contributed by atoms with E-state index in [2.05, 4.69) is 27.3 Å². The first kappa shape index (κ1) is 21.7. The van der Waals surface area contributed by atoms with Gasteiger partial charge in [0, 0.05) is 49.5 Å². The van der Waals surface area contributed by atoms with E-state index < -0.39 is 0 Å². The van der Waals surface area contributed by atoms with Gasteiger partial charge in [-0.3, -0.25) is 0 Å². The van der Waals surface area contributed by atoms with Crippen molar-refractivity contribution in [3.8, 4) is 0 Å². The molecule has 1 aliphatic rings. The van der Waals surface area contributed by atoms with Gasteiger partial charge in [0.1, 0.15) is 17.5 Å². The van der Waals surface area contributed by atoms with Crippen molar-refractivity contribution in [2.45, 2.75) is 26.7 Å². The maximum absolute atomic E-state index is 13.4. The summed E-state index contributed by atoms with van der Waals surface area (Å²) in [6.07, 6.45) is 1.59. The molecular formula is C25H28FN5O. The molecule has 2 heterocycles. The van der Waals surface area contributed by atoms with Crippen molar-refractivity contribution in [3.63, 3.8) is 0 Å². The van der Waals surface area contributed by atoms with Gasteiger partial charge in [-0.05, 0) is 44.0 Å². The number of nitrogens with zero attached hydrogens (tertiary/aromatic N) is 4. The van der Waals surface area contributed by atoms with Crippen molar-refractivity contribution >= 4 is 17.5 Å². The number of benzene rings is 2. The highest BCUT2D eigenvalue weighted by Crippen LogP contribution is 2.25. The average molecular weight is 434 g/mol. The Morgan fingerprint density at radius 2 is 1.81 bits per heavy atom. The second-order valence-electron chi connectivity index (χ2n) is 8.09. The number of carbonyl (C=O) groups is 1. The Bertz CT molecular complexity index is 1090. The van der Waals surface area contributed by atoms with Gasteiger partial charge in [-0.15, -0.1) is 0 Å². The Morgan fingerprint density at radius 3 is 2.59 bits per heavy atom. The number of amides is 2. The molecule has 0 unspecified atom stereocenters. The standard InChI is InChI=1S/C25H28FN5O/c1-18-23(16-20-8-4-3-5-9-20)24(28-19(2)27-18)30-12-7-13-31(15-14-30)25(32)29-22-11-6-10-21(26)17-22/h3-6,8-11,17H,7,12-16H2,1-2H3,(H,29,32). The summed E-state index contributed by atoms with van der Waals surface area (Å²) in [6, 6.07) is 16.1. The predicted octanol–water partition coefficient (Wildman–Crippen LogP) is 4.57. The van der Waals surface area contributed by atoms with Crippen molar-refractivity contribution in [3.05, 3.63) is 83.1 Å². The van der Waals surface area contributed by atoms with E-state index in [9.17, 15) is 9.18 Å². The molecule has 0 radical (unpaired) electrons.